The van der Waals surface area contributed by atoms with Crippen molar-refractivity contribution in [1.29, 1.82) is 0 Å². The molecule has 2 N–H and O–H groups in total. The number of likely N-dealkylation sites (tertiary alicyclic amines) is 1. The predicted molar refractivity (Wildman–Crippen MR) is 108 cm³/mol. The molecule has 7 nitrogen and oxygen atoms in total. The molecule has 0 aromatic heterocycles. The van der Waals surface area contributed by atoms with Crippen LogP contribution < -0.4 is 10.0 Å². The summed E-state index contributed by atoms with van der Waals surface area (Å²) >= 11 is 1.11. The normalized spacial score (nSPS) is 18.9. The molecule has 2 aromatic rings. The van der Waals surface area contributed by atoms with Crippen LogP contribution in [0.3, 0.4) is 0 Å². The number of benzene rings is 2. The second kappa shape index (κ2) is 7.68. The fraction of sp³-hybridized carbons (Fsp3) is 0.263. The van der Waals surface area contributed by atoms with Crippen molar-refractivity contribution in [2.75, 3.05) is 23.1 Å². The Balaban J connectivity index is 1.57. The molecule has 0 saturated carbocycles. The number of para-hydroxylation sites is 1. The Kier molecular flexibility index (Phi) is 5.22. The molecule has 10 heteroatoms. The van der Waals surface area contributed by atoms with Crippen LogP contribution in [0.4, 0.5) is 15.8 Å². The fourth-order valence-electron chi connectivity index (χ4n) is 3.27. The molecule has 4 rings (SSSR count). The Bertz CT molecular complexity index is 1080. The van der Waals surface area contributed by atoms with Crippen molar-refractivity contribution < 1.29 is 22.4 Å². The third kappa shape index (κ3) is 3.95. The number of hydrogen-bond donors (Lipinski definition) is 2. The van der Waals surface area contributed by atoms with E-state index in [-0.39, 0.29) is 16.5 Å². The molecule has 2 aromatic carbocycles. The van der Waals surface area contributed by atoms with Crippen molar-refractivity contribution in [3.8, 4) is 0 Å². The van der Waals surface area contributed by atoms with Crippen molar-refractivity contribution in [2.45, 2.75) is 27.9 Å². The predicted octanol–water partition coefficient (Wildman–Crippen LogP) is 2.66. The zero-order valence-electron chi connectivity index (χ0n) is 15.2. The highest BCUT2D eigenvalue weighted by Crippen LogP contribution is 2.38. The largest absolute Gasteiger partial charge is 0.341 e. The Morgan fingerprint density at radius 1 is 1.17 bits per heavy atom. The van der Waals surface area contributed by atoms with Gasteiger partial charge in [0.2, 0.25) is 11.8 Å². The molecule has 2 amide bonds. The summed E-state index contributed by atoms with van der Waals surface area (Å²) in [6.07, 6.45) is 1.86. The van der Waals surface area contributed by atoms with Crippen LogP contribution in [0.25, 0.3) is 0 Å². The van der Waals surface area contributed by atoms with Crippen LogP contribution in [-0.4, -0.2) is 43.5 Å². The molecule has 2 aliphatic heterocycles. The lowest BCUT2D eigenvalue weighted by atomic mass is 10.2. The Morgan fingerprint density at radius 2 is 1.90 bits per heavy atom. The lowest BCUT2D eigenvalue weighted by molar-refractivity contribution is -0.133. The molecular formula is C19H18FN3O4S2. The van der Waals surface area contributed by atoms with Gasteiger partial charge in [-0.05, 0) is 43.2 Å². The van der Waals surface area contributed by atoms with Crippen molar-refractivity contribution in [3.05, 3.63) is 48.3 Å². The van der Waals surface area contributed by atoms with E-state index < -0.39 is 27.0 Å². The summed E-state index contributed by atoms with van der Waals surface area (Å²) in [7, 11) is -4.06. The van der Waals surface area contributed by atoms with Crippen LogP contribution in [0.5, 0.6) is 0 Å². The highest BCUT2D eigenvalue weighted by Gasteiger charge is 2.37. The fourth-order valence-corrected chi connectivity index (χ4v) is 5.42. The first-order valence-corrected chi connectivity index (χ1v) is 11.4. The molecule has 0 unspecified atom stereocenters. The van der Waals surface area contributed by atoms with E-state index in [9.17, 15) is 22.4 Å². The first kappa shape index (κ1) is 19.7. The van der Waals surface area contributed by atoms with E-state index in [0.717, 1.165) is 30.7 Å². The Morgan fingerprint density at radius 3 is 2.62 bits per heavy atom. The zero-order valence-corrected chi connectivity index (χ0v) is 16.9. The number of anilines is 2. The second-order valence-corrected chi connectivity index (χ2v) is 9.59. The number of rotatable bonds is 4. The highest BCUT2D eigenvalue weighted by molar-refractivity contribution is 8.01. The maximum atomic E-state index is 13.8. The van der Waals surface area contributed by atoms with Crippen molar-refractivity contribution in [3.63, 3.8) is 0 Å². The average Bonchev–Trinajstić information content (AvgIpc) is 3.23. The summed E-state index contributed by atoms with van der Waals surface area (Å²) in [5.74, 6) is -1.40. The van der Waals surface area contributed by atoms with Crippen LogP contribution in [0, 0.1) is 5.82 Å². The van der Waals surface area contributed by atoms with Crippen molar-refractivity contribution >= 4 is 45.0 Å². The molecule has 29 heavy (non-hydrogen) atoms. The third-order valence-corrected chi connectivity index (χ3v) is 7.39. The molecule has 1 fully saturated rings. The molecule has 0 bridgehead atoms. The first-order valence-electron chi connectivity index (χ1n) is 9.03. The monoisotopic (exact) mass is 435 g/mol. The van der Waals surface area contributed by atoms with Gasteiger partial charge in [-0.25, -0.2) is 12.8 Å². The number of carbonyl (C=O) groups excluding carboxylic acids is 2. The average molecular weight is 436 g/mol. The van der Waals surface area contributed by atoms with Gasteiger partial charge in [0.05, 0.1) is 16.3 Å². The minimum atomic E-state index is -4.06. The topological polar surface area (TPSA) is 95.6 Å². The molecule has 2 heterocycles. The van der Waals surface area contributed by atoms with Gasteiger partial charge >= 0.3 is 0 Å². The molecule has 1 saturated heterocycles. The summed E-state index contributed by atoms with van der Waals surface area (Å²) in [6.45, 7) is 1.30. The van der Waals surface area contributed by atoms with Crippen LogP contribution in [0.2, 0.25) is 0 Å². The van der Waals surface area contributed by atoms with Crippen molar-refractivity contribution in [1.82, 2.24) is 4.90 Å². The lowest BCUT2D eigenvalue weighted by Gasteiger charge is -2.27. The van der Waals surface area contributed by atoms with Crippen LogP contribution in [-0.2, 0) is 19.6 Å². The number of carbonyl (C=O) groups is 2. The van der Waals surface area contributed by atoms with Gasteiger partial charge in [0.15, 0.2) is 5.25 Å². The van der Waals surface area contributed by atoms with Gasteiger partial charge in [-0.3, -0.25) is 14.3 Å². The van der Waals surface area contributed by atoms with Gasteiger partial charge in [-0.15, -0.1) is 11.8 Å². The lowest BCUT2D eigenvalue weighted by Crippen LogP contribution is -2.43. The van der Waals surface area contributed by atoms with Crippen LogP contribution in [0.15, 0.2) is 52.3 Å². The molecule has 2 aliphatic rings. The van der Waals surface area contributed by atoms with Crippen molar-refractivity contribution in [2.24, 2.45) is 0 Å². The number of sulfonamides is 1. The quantitative estimate of drug-likeness (QED) is 0.720. The summed E-state index contributed by atoms with van der Waals surface area (Å²) in [6, 6.07) is 9.65. The molecular weight excluding hydrogens is 417 g/mol. The standard InChI is InChI=1S/C19H18FN3O4S2/c20-13-5-1-2-6-14(13)22-29(26,27)12-7-8-16-15(11-12)21-18(24)17(28-16)19(25)23-9-3-4-10-23/h1-2,5-8,11,17,22H,3-4,9-10H2,(H,21,24)/t17-/m0/s1. The van der Waals surface area contributed by atoms with Crippen LogP contribution >= 0.6 is 11.8 Å². The van der Waals surface area contributed by atoms with Gasteiger partial charge in [-0.1, -0.05) is 12.1 Å². The van der Waals surface area contributed by atoms with Gasteiger partial charge in [-0.2, -0.15) is 0 Å². The van der Waals surface area contributed by atoms with E-state index in [2.05, 4.69) is 10.0 Å². The number of fused-ring (bicyclic) bond motifs is 1. The molecule has 0 spiro atoms. The van der Waals surface area contributed by atoms with E-state index in [1.54, 1.807) is 11.0 Å². The van der Waals surface area contributed by atoms with Gasteiger partial charge < -0.3 is 10.2 Å². The number of thioether (sulfide) groups is 1. The Hall–Kier alpha value is -2.59. The summed E-state index contributed by atoms with van der Waals surface area (Å²) in [5, 5.41) is 1.74. The smallest absolute Gasteiger partial charge is 0.262 e. The second-order valence-electron chi connectivity index (χ2n) is 6.76. The van der Waals surface area contributed by atoms with E-state index in [1.807, 2.05) is 0 Å². The summed E-state index contributed by atoms with van der Waals surface area (Å²) < 4.78 is 41.2. The maximum Gasteiger partial charge on any atom is 0.262 e. The molecule has 0 radical (unpaired) electrons. The van der Waals surface area contributed by atoms with E-state index in [0.29, 0.717) is 23.7 Å². The zero-order chi connectivity index (χ0) is 20.6. The van der Waals surface area contributed by atoms with Gasteiger partial charge in [0, 0.05) is 18.0 Å². The first-order chi connectivity index (χ1) is 13.8. The number of nitrogens with zero attached hydrogens (tertiary/aromatic N) is 1. The number of hydrogen-bond acceptors (Lipinski definition) is 5. The summed E-state index contributed by atoms with van der Waals surface area (Å²) in [4.78, 5) is 27.2. The van der Waals surface area contributed by atoms with Crippen LogP contribution in [0.1, 0.15) is 12.8 Å². The highest BCUT2D eigenvalue weighted by atomic mass is 32.2. The Labute approximate surface area is 171 Å². The van der Waals surface area contributed by atoms with E-state index >= 15 is 0 Å². The molecule has 152 valence electrons. The number of nitrogens with one attached hydrogen (secondary N) is 2. The van der Waals surface area contributed by atoms with E-state index in [1.165, 1.54) is 30.3 Å². The minimum absolute atomic E-state index is 0.121. The maximum absolute atomic E-state index is 13.8. The molecule has 1 atom stereocenters. The van der Waals surface area contributed by atoms with Gasteiger partial charge in [0.25, 0.3) is 10.0 Å². The SMILES string of the molecule is O=C1Nc2cc(S(=O)(=O)Nc3ccccc3F)ccc2S[C@@H]1C(=O)N1CCCC1. The van der Waals surface area contributed by atoms with E-state index in [4.69, 9.17) is 0 Å². The molecule has 0 aliphatic carbocycles. The summed E-state index contributed by atoms with van der Waals surface area (Å²) in [5.41, 5.74) is 0.141. The number of halogens is 1. The minimum Gasteiger partial charge on any atom is -0.341 e. The third-order valence-electron chi connectivity index (χ3n) is 4.76. The van der Waals surface area contributed by atoms with Gasteiger partial charge in [0.1, 0.15) is 5.82 Å². The number of amides is 2.